The predicted molar refractivity (Wildman–Crippen MR) is 98.9 cm³/mol. The summed E-state index contributed by atoms with van der Waals surface area (Å²) in [6.07, 6.45) is 8.16. The molecule has 0 radical (unpaired) electrons. The van der Waals surface area contributed by atoms with Gasteiger partial charge in [-0.15, -0.1) is 0 Å². The number of carbonyl (C=O) groups excluding carboxylic acids is 1. The van der Waals surface area contributed by atoms with E-state index in [0.29, 0.717) is 16.9 Å². The van der Waals surface area contributed by atoms with Gasteiger partial charge in [0.15, 0.2) is 5.78 Å². The fourth-order valence-corrected chi connectivity index (χ4v) is 3.22. The highest BCUT2D eigenvalue weighted by molar-refractivity contribution is 7.90. The summed E-state index contributed by atoms with van der Waals surface area (Å²) in [7, 11) is 0. The molecule has 0 amide bonds. The molecule has 0 aliphatic rings. The largest absolute Gasteiger partial charge is 0.609 e. The molecule has 1 unspecified atom stereocenters. The SMILES string of the molecule is C[S+]([O-])c1nccc(-n2cc(C(=O)c3ccccc3)c3cnccc32)n1. The lowest BCUT2D eigenvalue weighted by Crippen LogP contribution is -2.07. The monoisotopic (exact) mass is 362 g/mol. The average molecular weight is 362 g/mol. The quantitative estimate of drug-likeness (QED) is 0.317. The van der Waals surface area contributed by atoms with Gasteiger partial charge < -0.3 is 9.12 Å². The first kappa shape index (κ1) is 16.4. The van der Waals surface area contributed by atoms with Crippen LogP contribution in [0.5, 0.6) is 0 Å². The summed E-state index contributed by atoms with van der Waals surface area (Å²) in [6.45, 7) is 0. The molecule has 1 atom stereocenters. The van der Waals surface area contributed by atoms with Crippen molar-refractivity contribution in [2.45, 2.75) is 5.16 Å². The minimum absolute atomic E-state index is 0.0873. The Bertz CT molecular complexity index is 1090. The summed E-state index contributed by atoms with van der Waals surface area (Å²) in [4.78, 5) is 25.5. The zero-order valence-electron chi connectivity index (χ0n) is 13.9. The number of rotatable bonds is 4. The number of aromatic nitrogens is 4. The second-order valence-electron chi connectivity index (χ2n) is 5.65. The second-order valence-corrected chi connectivity index (χ2v) is 6.93. The molecule has 0 fully saturated rings. The Kier molecular flexibility index (Phi) is 4.24. The van der Waals surface area contributed by atoms with Crippen LogP contribution in [0.3, 0.4) is 0 Å². The highest BCUT2D eigenvalue weighted by Gasteiger charge is 2.19. The van der Waals surface area contributed by atoms with E-state index in [1.165, 1.54) is 6.26 Å². The van der Waals surface area contributed by atoms with Crippen LogP contribution in [0.15, 0.2) is 72.4 Å². The van der Waals surface area contributed by atoms with Crippen LogP contribution in [0, 0.1) is 0 Å². The van der Waals surface area contributed by atoms with Gasteiger partial charge in [-0.3, -0.25) is 9.78 Å². The van der Waals surface area contributed by atoms with E-state index >= 15 is 0 Å². The third-order valence-corrected chi connectivity index (χ3v) is 4.72. The lowest BCUT2D eigenvalue weighted by molar-refractivity contribution is 0.104. The number of fused-ring (bicyclic) bond motifs is 1. The maximum absolute atomic E-state index is 13.0. The standard InChI is InChI=1S/C19H14N4O2S/c1-26(25)19-21-10-8-17(22-19)23-12-15(14-11-20-9-7-16(14)23)18(24)13-5-3-2-4-6-13/h2-12H,1H3. The Hall–Kier alpha value is -3.03. The molecular weight excluding hydrogens is 348 g/mol. The van der Waals surface area contributed by atoms with Gasteiger partial charge in [0.1, 0.15) is 12.1 Å². The number of benzene rings is 1. The smallest absolute Gasteiger partial charge is 0.344 e. The first-order valence-electron chi connectivity index (χ1n) is 7.87. The summed E-state index contributed by atoms with van der Waals surface area (Å²) < 4.78 is 13.5. The van der Waals surface area contributed by atoms with E-state index in [2.05, 4.69) is 15.0 Å². The van der Waals surface area contributed by atoms with Gasteiger partial charge in [-0.05, 0) is 6.07 Å². The first-order chi connectivity index (χ1) is 12.6. The van der Waals surface area contributed by atoms with Crippen LogP contribution in [0.2, 0.25) is 0 Å². The van der Waals surface area contributed by atoms with Gasteiger partial charge >= 0.3 is 5.16 Å². The van der Waals surface area contributed by atoms with Crippen molar-refractivity contribution in [2.24, 2.45) is 0 Å². The number of nitrogens with zero attached hydrogens (tertiary/aromatic N) is 4. The molecular formula is C19H14N4O2S. The summed E-state index contributed by atoms with van der Waals surface area (Å²) in [6, 6.07) is 12.6. The molecule has 3 heterocycles. The summed E-state index contributed by atoms with van der Waals surface area (Å²) in [5.74, 6) is 0.462. The van der Waals surface area contributed by atoms with Crippen LogP contribution < -0.4 is 0 Å². The molecule has 0 spiro atoms. The molecule has 7 heteroatoms. The van der Waals surface area contributed by atoms with E-state index in [9.17, 15) is 9.35 Å². The maximum atomic E-state index is 13.0. The van der Waals surface area contributed by atoms with Crippen molar-refractivity contribution < 1.29 is 9.35 Å². The molecule has 3 aromatic heterocycles. The van der Waals surface area contributed by atoms with Crippen molar-refractivity contribution in [2.75, 3.05) is 6.26 Å². The van der Waals surface area contributed by atoms with Gasteiger partial charge in [0.2, 0.25) is 0 Å². The van der Waals surface area contributed by atoms with Crippen LogP contribution in [0.1, 0.15) is 15.9 Å². The zero-order valence-corrected chi connectivity index (χ0v) is 14.7. The predicted octanol–water partition coefficient (Wildman–Crippen LogP) is 2.78. The number of ketones is 1. The fourth-order valence-electron chi connectivity index (χ4n) is 2.79. The third kappa shape index (κ3) is 2.87. The van der Waals surface area contributed by atoms with E-state index in [-0.39, 0.29) is 10.9 Å². The highest BCUT2D eigenvalue weighted by Crippen LogP contribution is 2.25. The van der Waals surface area contributed by atoms with Crippen molar-refractivity contribution in [3.8, 4) is 5.82 Å². The van der Waals surface area contributed by atoms with Crippen LogP contribution in [-0.4, -0.2) is 36.1 Å². The molecule has 0 saturated heterocycles. The number of hydrogen-bond acceptors (Lipinski definition) is 5. The Morgan fingerprint density at radius 2 is 1.92 bits per heavy atom. The Labute approximate surface area is 152 Å². The van der Waals surface area contributed by atoms with Crippen molar-refractivity contribution >= 4 is 27.9 Å². The Morgan fingerprint density at radius 1 is 1.12 bits per heavy atom. The minimum Gasteiger partial charge on any atom is -0.609 e. The van der Waals surface area contributed by atoms with Crippen molar-refractivity contribution in [1.29, 1.82) is 0 Å². The van der Waals surface area contributed by atoms with Crippen molar-refractivity contribution in [1.82, 2.24) is 19.5 Å². The molecule has 4 rings (SSSR count). The number of hydrogen-bond donors (Lipinski definition) is 0. The molecule has 0 saturated carbocycles. The fraction of sp³-hybridized carbons (Fsp3) is 0.0526. The highest BCUT2D eigenvalue weighted by atomic mass is 32.2. The van der Waals surface area contributed by atoms with Gasteiger partial charge in [-0.25, -0.2) is 0 Å². The molecule has 0 bridgehead atoms. The zero-order chi connectivity index (χ0) is 18.1. The molecule has 0 aliphatic carbocycles. The number of pyridine rings is 1. The van der Waals surface area contributed by atoms with Crippen LogP contribution >= 0.6 is 0 Å². The van der Waals surface area contributed by atoms with E-state index < -0.39 is 11.2 Å². The Morgan fingerprint density at radius 3 is 2.69 bits per heavy atom. The molecule has 6 nitrogen and oxygen atoms in total. The van der Waals surface area contributed by atoms with E-state index in [4.69, 9.17) is 0 Å². The van der Waals surface area contributed by atoms with E-state index in [0.717, 1.165) is 10.9 Å². The van der Waals surface area contributed by atoms with Crippen molar-refractivity contribution in [3.05, 3.63) is 78.4 Å². The molecule has 26 heavy (non-hydrogen) atoms. The summed E-state index contributed by atoms with van der Waals surface area (Å²) in [5, 5.41) is 0.980. The van der Waals surface area contributed by atoms with Crippen LogP contribution in [0.25, 0.3) is 16.7 Å². The lowest BCUT2D eigenvalue weighted by atomic mass is 10.0. The van der Waals surface area contributed by atoms with Gasteiger partial charge in [0.25, 0.3) is 0 Å². The first-order valence-corrected chi connectivity index (χ1v) is 9.42. The van der Waals surface area contributed by atoms with Gasteiger partial charge in [0, 0.05) is 53.0 Å². The van der Waals surface area contributed by atoms with Gasteiger partial charge in [-0.1, -0.05) is 30.3 Å². The molecule has 1 aromatic carbocycles. The molecule has 0 N–H and O–H groups in total. The topological polar surface area (TPSA) is 83.7 Å². The average Bonchev–Trinajstić information content (AvgIpc) is 3.08. The summed E-state index contributed by atoms with van der Waals surface area (Å²) in [5.41, 5.74) is 1.94. The second kappa shape index (κ2) is 6.70. The molecule has 0 aliphatic heterocycles. The minimum atomic E-state index is -1.29. The van der Waals surface area contributed by atoms with Crippen LogP contribution in [-0.2, 0) is 11.2 Å². The Balaban J connectivity index is 1.90. The summed E-state index contributed by atoms with van der Waals surface area (Å²) >= 11 is -1.29. The van der Waals surface area contributed by atoms with E-state index in [1.54, 1.807) is 47.6 Å². The maximum Gasteiger partial charge on any atom is 0.344 e. The molecule has 4 aromatic rings. The van der Waals surface area contributed by atoms with E-state index in [1.807, 2.05) is 24.3 Å². The van der Waals surface area contributed by atoms with Gasteiger partial charge in [-0.2, -0.15) is 9.97 Å². The normalized spacial score (nSPS) is 12.2. The third-order valence-electron chi connectivity index (χ3n) is 4.01. The number of carbonyl (C=O) groups is 1. The lowest BCUT2D eigenvalue weighted by Gasteiger charge is -2.06. The van der Waals surface area contributed by atoms with Crippen LogP contribution in [0.4, 0.5) is 0 Å². The van der Waals surface area contributed by atoms with Gasteiger partial charge in [0.05, 0.1) is 11.1 Å². The van der Waals surface area contributed by atoms with Crippen molar-refractivity contribution in [3.63, 3.8) is 0 Å². The molecule has 128 valence electrons.